The molecule has 1 aliphatic heterocycles. The van der Waals surface area contributed by atoms with Crippen molar-refractivity contribution in [2.45, 2.75) is 44.0 Å². The molecule has 2 aromatic carbocycles. The Labute approximate surface area is 196 Å². The van der Waals surface area contributed by atoms with E-state index < -0.39 is 22.0 Å². The van der Waals surface area contributed by atoms with Crippen LogP contribution in [-0.4, -0.2) is 50.2 Å². The number of hydrogen-bond donors (Lipinski definition) is 2. The summed E-state index contributed by atoms with van der Waals surface area (Å²) in [5, 5.41) is 5.80. The molecule has 178 valence electrons. The molecule has 0 aliphatic carbocycles. The summed E-state index contributed by atoms with van der Waals surface area (Å²) in [5.41, 5.74) is 0.944. The van der Waals surface area contributed by atoms with Gasteiger partial charge in [0.25, 0.3) is 0 Å². The zero-order valence-electron chi connectivity index (χ0n) is 19.2. The van der Waals surface area contributed by atoms with Crippen LogP contribution in [0.4, 0.5) is 0 Å². The summed E-state index contributed by atoms with van der Waals surface area (Å²) in [6.45, 7) is 5.02. The van der Waals surface area contributed by atoms with Gasteiger partial charge in [0, 0.05) is 26.1 Å². The van der Waals surface area contributed by atoms with E-state index in [-0.39, 0.29) is 29.2 Å². The van der Waals surface area contributed by atoms with Gasteiger partial charge < -0.3 is 10.6 Å². The van der Waals surface area contributed by atoms with Crippen molar-refractivity contribution in [3.63, 3.8) is 0 Å². The van der Waals surface area contributed by atoms with E-state index in [1.165, 1.54) is 4.31 Å². The van der Waals surface area contributed by atoms with Crippen molar-refractivity contribution in [1.29, 1.82) is 0 Å². The lowest BCUT2D eigenvalue weighted by atomic mass is 9.97. The minimum Gasteiger partial charge on any atom is -0.354 e. The van der Waals surface area contributed by atoms with Gasteiger partial charge in [0.1, 0.15) is 6.04 Å². The van der Waals surface area contributed by atoms with Crippen molar-refractivity contribution in [3.05, 3.63) is 66.2 Å². The summed E-state index contributed by atoms with van der Waals surface area (Å²) in [7, 11) is -3.67. The van der Waals surface area contributed by atoms with Gasteiger partial charge in [-0.05, 0) is 36.5 Å². The topological polar surface area (TPSA) is 95.6 Å². The molecule has 2 atom stereocenters. The molecule has 1 saturated heterocycles. The van der Waals surface area contributed by atoms with Crippen LogP contribution in [0, 0.1) is 11.8 Å². The molecule has 7 nitrogen and oxygen atoms in total. The van der Waals surface area contributed by atoms with E-state index in [1.54, 1.807) is 30.3 Å². The normalized spacial score (nSPS) is 18.0. The molecule has 0 aromatic heterocycles. The summed E-state index contributed by atoms with van der Waals surface area (Å²) in [6.07, 6.45) is 1.54. The van der Waals surface area contributed by atoms with E-state index in [9.17, 15) is 18.0 Å². The first kappa shape index (κ1) is 24.9. The third-order valence-electron chi connectivity index (χ3n) is 5.74. The molecule has 2 N–H and O–H groups in total. The van der Waals surface area contributed by atoms with Crippen LogP contribution >= 0.6 is 0 Å². The molecular formula is C25H33N3O4S. The quantitative estimate of drug-likeness (QED) is 0.588. The lowest BCUT2D eigenvalue weighted by molar-refractivity contribution is -0.131. The smallest absolute Gasteiger partial charge is 0.243 e. The Balaban J connectivity index is 1.70. The van der Waals surface area contributed by atoms with Crippen LogP contribution in [0.2, 0.25) is 0 Å². The second-order valence-electron chi connectivity index (χ2n) is 8.91. The van der Waals surface area contributed by atoms with Gasteiger partial charge in [0.2, 0.25) is 21.8 Å². The Hall–Kier alpha value is -2.71. The Morgan fingerprint density at radius 1 is 1.03 bits per heavy atom. The van der Waals surface area contributed by atoms with E-state index in [4.69, 9.17) is 0 Å². The summed E-state index contributed by atoms with van der Waals surface area (Å²) in [5.74, 6) is -0.736. The molecule has 33 heavy (non-hydrogen) atoms. The monoisotopic (exact) mass is 471 g/mol. The van der Waals surface area contributed by atoms with Crippen LogP contribution in [-0.2, 0) is 26.0 Å². The maximum atomic E-state index is 13.1. The number of sulfonamides is 1. The fourth-order valence-corrected chi connectivity index (χ4v) is 5.44. The fraction of sp³-hybridized carbons (Fsp3) is 0.440. The summed E-state index contributed by atoms with van der Waals surface area (Å²) >= 11 is 0. The van der Waals surface area contributed by atoms with Crippen LogP contribution in [0.15, 0.2) is 65.6 Å². The standard InChI is InChI=1S/C25H33N3O4S/c1-19(2)17-26-25(30)23(16-20-10-5-3-6-11-20)27-24(29)21-12-9-15-28(18-21)33(31,32)22-13-7-4-8-14-22/h3-8,10-11,13-14,19,21,23H,9,12,15-18H2,1-2H3,(H,26,30)(H,27,29)/t21-,23-/m0/s1. The second-order valence-corrected chi connectivity index (χ2v) is 10.8. The van der Waals surface area contributed by atoms with E-state index in [1.807, 2.05) is 44.2 Å². The highest BCUT2D eigenvalue weighted by atomic mass is 32.2. The molecule has 0 unspecified atom stereocenters. The van der Waals surface area contributed by atoms with E-state index >= 15 is 0 Å². The van der Waals surface area contributed by atoms with E-state index in [2.05, 4.69) is 10.6 Å². The number of nitrogens with one attached hydrogen (secondary N) is 2. The maximum Gasteiger partial charge on any atom is 0.243 e. The zero-order valence-corrected chi connectivity index (χ0v) is 20.1. The maximum absolute atomic E-state index is 13.1. The Morgan fingerprint density at radius 2 is 1.67 bits per heavy atom. The molecule has 0 bridgehead atoms. The highest BCUT2D eigenvalue weighted by molar-refractivity contribution is 7.89. The van der Waals surface area contributed by atoms with Gasteiger partial charge in [-0.3, -0.25) is 9.59 Å². The lowest BCUT2D eigenvalue weighted by Crippen LogP contribution is -2.52. The average molecular weight is 472 g/mol. The minimum absolute atomic E-state index is 0.106. The second kappa shape index (κ2) is 11.4. The molecule has 1 heterocycles. The van der Waals surface area contributed by atoms with Crippen molar-refractivity contribution in [1.82, 2.24) is 14.9 Å². The van der Waals surface area contributed by atoms with Crippen molar-refractivity contribution in [2.75, 3.05) is 19.6 Å². The summed E-state index contributed by atoms with van der Waals surface area (Å²) in [6, 6.07) is 17.1. The third-order valence-corrected chi connectivity index (χ3v) is 7.62. The molecule has 1 fully saturated rings. The first-order valence-corrected chi connectivity index (χ1v) is 12.9. The van der Waals surface area contributed by atoms with Gasteiger partial charge >= 0.3 is 0 Å². The molecule has 8 heteroatoms. The minimum atomic E-state index is -3.67. The van der Waals surface area contributed by atoms with Gasteiger partial charge in [-0.1, -0.05) is 62.4 Å². The SMILES string of the molecule is CC(C)CNC(=O)[C@H](Cc1ccccc1)NC(=O)[C@H]1CCCN(S(=O)(=O)c2ccccc2)C1. The van der Waals surface area contributed by atoms with Crippen molar-refractivity contribution in [2.24, 2.45) is 11.8 Å². The highest BCUT2D eigenvalue weighted by Gasteiger charge is 2.34. The van der Waals surface area contributed by atoms with Crippen molar-refractivity contribution >= 4 is 21.8 Å². The number of benzene rings is 2. The fourth-order valence-electron chi connectivity index (χ4n) is 3.89. The lowest BCUT2D eigenvalue weighted by Gasteiger charge is -2.32. The van der Waals surface area contributed by atoms with E-state index in [0.29, 0.717) is 32.4 Å². The van der Waals surface area contributed by atoms with Crippen molar-refractivity contribution < 1.29 is 18.0 Å². The largest absolute Gasteiger partial charge is 0.354 e. The summed E-state index contributed by atoms with van der Waals surface area (Å²) < 4.78 is 27.4. The van der Waals surface area contributed by atoms with Gasteiger partial charge in [-0.2, -0.15) is 4.31 Å². The zero-order chi connectivity index (χ0) is 23.8. The molecule has 0 saturated carbocycles. The Kier molecular flexibility index (Phi) is 8.63. The predicted molar refractivity (Wildman–Crippen MR) is 128 cm³/mol. The molecule has 2 aromatic rings. The van der Waals surface area contributed by atoms with Crippen LogP contribution in [0.25, 0.3) is 0 Å². The van der Waals surface area contributed by atoms with Gasteiger partial charge in [-0.25, -0.2) is 8.42 Å². The van der Waals surface area contributed by atoms with Crippen LogP contribution in [0.1, 0.15) is 32.3 Å². The first-order chi connectivity index (χ1) is 15.8. The Bertz CT molecular complexity index is 1030. The van der Waals surface area contributed by atoms with Crippen LogP contribution < -0.4 is 10.6 Å². The molecule has 0 spiro atoms. The number of piperidine rings is 1. The van der Waals surface area contributed by atoms with Gasteiger partial charge in [-0.15, -0.1) is 0 Å². The van der Waals surface area contributed by atoms with Crippen LogP contribution in [0.3, 0.4) is 0 Å². The molecule has 3 rings (SSSR count). The number of hydrogen-bond acceptors (Lipinski definition) is 4. The average Bonchev–Trinajstić information content (AvgIpc) is 2.83. The highest BCUT2D eigenvalue weighted by Crippen LogP contribution is 2.24. The van der Waals surface area contributed by atoms with Gasteiger partial charge in [0.15, 0.2) is 0 Å². The number of rotatable bonds is 9. The number of carbonyl (C=O) groups is 2. The van der Waals surface area contributed by atoms with E-state index in [0.717, 1.165) is 5.56 Å². The number of amides is 2. The first-order valence-electron chi connectivity index (χ1n) is 11.4. The molecular weight excluding hydrogens is 438 g/mol. The molecule has 2 amide bonds. The number of nitrogens with zero attached hydrogens (tertiary/aromatic N) is 1. The third kappa shape index (κ3) is 6.88. The van der Waals surface area contributed by atoms with Gasteiger partial charge in [0.05, 0.1) is 10.8 Å². The molecule has 1 aliphatic rings. The van der Waals surface area contributed by atoms with Crippen molar-refractivity contribution in [3.8, 4) is 0 Å². The van der Waals surface area contributed by atoms with Crippen LogP contribution in [0.5, 0.6) is 0 Å². The summed E-state index contributed by atoms with van der Waals surface area (Å²) in [4.78, 5) is 26.2. The molecule has 0 radical (unpaired) electrons. The predicted octanol–water partition coefficient (Wildman–Crippen LogP) is 2.59. The number of carbonyl (C=O) groups excluding carboxylic acids is 2. The Morgan fingerprint density at radius 3 is 2.30 bits per heavy atom.